The molecule has 3 atom stereocenters. The average Bonchev–Trinajstić information content (AvgIpc) is 3.20. The number of piperidine rings is 1. The molecule has 0 aliphatic carbocycles. The zero-order valence-electron chi connectivity index (χ0n) is 11.4. The summed E-state index contributed by atoms with van der Waals surface area (Å²) in [5.41, 5.74) is 0.430. The van der Waals surface area contributed by atoms with Gasteiger partial charge >= 0.3 is 0 Å². The molecule has 4 rings (SSSR count). The minimum absolute atomic E-state index is 0.114. The quantitative estimate of drug-likeness (QED) is 0.874. The van der Waals surface area contributed by atoms with Crippen LogP contribution >= 0.6 is 11.3 Å². The predicted molar refractivity (Wildman–Crippen MR) is 80.8 cm³/mol. The molecule has 2 unspecified atom stereocenters. The maximum atomic E-state index is 12.3. The lowest BCUT2D eigenvalue weighted by molar-refractivity contribution is 0.0919. The smallest absolute Gasteiger partial charge is 0.270 e. The highest BCUT2D eigenvalue weighted by Crippen LogP contribution is 2.28. The van der Waals surface area contributed by atoms with Crippen molar-refractivity contribution < 1.29 is 9.59 Å². The monoisotopic (exact) mass is 301 g/mol. The highest BCUT2D eigenvalue weighted by molar-refractivity contribution is 7.20. The van der Waals surface area contributed by atoms with Crippen LogP contribution in [0, 0.1) is 5.92 Å². The van der Waals surface area contributed by atoms with Crippen molar-refractivity contribution in [3.05, 3.63) is 28.9 Å². The Morgan fingerprint density at radius 3 is 3.05 bits per heavy atom. The zero-order chi connectivity index (χ0) is 14.4. The van der Waals surface area contributed by atoms with Crippen LogP contribution in [0.3, 0.4) is 0 Å². The molecule has 2 bridgehead atoms. The fourth-order valence-electron chi connectivity index (χ4n) is 3.33. The van der Waals surface area contributed by atoms with Crippen molar-refractivity contribution in [2.75, 3.05) is 19.6 Å². The number of fused-ring (bicyclic) bond motifs is 3. The van der Waals surface area contributed by atoms with E-state index in [0.29, 0.717) is 16.5 Å². The van der Waals surface area contributed by atoms with Crippen LogP contribution in [0.25, 0.3) is 10.1 Å². The number of pyridine rings is 1. The van der Waals surface area contributed by atoms with Crippen molar-refractivity contribution in [1.82, 2.24) is 15.2 Å². The minimum Gasteiger partial charge on any atom is -0.346 e. The van der Waals surface area contributed by atoms with Crippen molar-refractivity contribution in [1.29, 1.82) is 0 Å². The van der Waals surface area contributed by atoms with E-state index in [4.69, 9.17) is 0 Å². The number of hydrogen-bond acceptors (Lipinski definition) is 5. The number of rotatable bonds is 3. The second-order valence-electron chi connectivity index (χ2n) is 5.76. The minimum atomic E-state index is -0.114. The van der Waals surface area contributed by atoms with Gasteiger partial charge in [0, 0.05) is 35.4 Å². The largest absolute Gasteiger partial charge is 0.346 e. The number of aldehydes is 1. The number of nitrogens with one attached hydrogen (secondary N) is 1. The molecule has 2 fully saturated rings. The summed E-state index contributed by atoms with van der Waals surface area (Å²) in [5.74, 6) is 0.470. The topological polar surface area (TPSA) is 62.3 Å². The summed E-state index contributed by atoms with van der Waals surface area (Å²) in [6.45, 7) is 3.21. The van der Waals surface area contributed by atoms with Crippen LogP contribution in [0.4, 0.5) is 0 Å². The van der Waals surface area contributed by atoms with Gasteiger partial charge in [0.15, 0.2) is 6.29 Å². The lowest BCUT2D eigenvalue weighted by Gasteiger charge is -2.22. The number of carbonyl (C=O) groups is 2. The van der Waals surface area contributed by atoms with Gasteiger partial charge in [0.25, 0.3) is 5.91 Å². The molecule has 5 nitrogen and oxygen atoms in total. The second-order valence-corrected chi connectivity index (χ2v) is 6.88. The average molecular weight is 301 g/mol. The number of thiophene rings is 1. The summed E-state index contributed by atoms with van der Waals surface area (Å²) in [6, 6.07) is 3.82. The zero-order valence-corrected chi connectivity index (χ0v) is 12.2. The van der Waals surface area contributed by atoms with E-state index in [2.05, 4.69) is 15.2 Å². The number of amides is 1. The first-order valence-electron chi connectivity index (χ1n) is 7.11. The van der Waals surface area contributed by atoms with E-state index in [-0.39, 0.29) is 11.9 Å². The lowest BCUT2D eigenvalue weighted by atomic mass is 10.00. The predicted octanol–water partition coefficient (Wildman–Crippen LogP) is 1.54. The lowest BCUT2D eigenvalue weighted by Crippen LogP contribution is -2.43. The van der Waals surface area contributed by atoms with Gasteiger partial charge < -0.3 is 10.2 Å². The first kappa shape index (κ1) is 12.9. The van der Waals surface area contributed by atoms with E-state index in [1.165, 1.54) is 17.8 Å². The highest BCUT2D eigenvalue weighted by atomic mass is 32.1. The Balaban J connectivity index is 1.54. The van der Waals surface area contributed by atoms with Gasteiger partial charge in [-0.15, -0.1) is 11.3 Å². The number of aromatic nitrogens is 1. The van der Waals surface area contributed by atoms with Gasteiger partial charge in [0.05, 0.1) is 4.88 Å². The summed E-state index contributed by atoms with van der Waals surface area (Å²) in [5, 5.41) is 4.01. The van der Waals surface area contributed by atoms with Gasteiger partial charge in [-0.05, 0) is 31.0 Å². The molecule has 6 heteroatoms. The van der Waals surface area contributed by atoms with Crippen LogP contribution in [-0.2, 0) is 0 Å². The Bertz CT molecular complexity index is 727. The molecular formula is C15H15N3O2S. The molecule has 0 spiro atoms. The van der Waals surface area contributed by atoms with E-state index in [9.17, 15) is 9.59 Å². The van der Waals surface area contributed by atoms with Crippen LogP contribution in [0.5, 0.6) is 0 Å². The van der Waals surface area contributed by atoms with Crippen LogP contribution in [-0.4, -0.2) is 47.8 Å². The Hall–Kier alpha value is -1.79. The van der Waals surface area contributed by atoms with Gasteiger partial charge in [0.1, 0.15) is 5.69 Å². The fraction of sp³-hybridized carbons (Fsp3) is 0.400. The summed E-state index contributed by atoms with van der Waals surface area (Å²) < 4.78 is 0.925. The molecule has 2 aromatic heterocycles. The fourth-order valence-corrected chi connectivity index (χ4v) is 4.21. The van der Waals surface area contributed by atoms with E-state index in [0.717, 1.165) is 36.0 Å². The van der Waals surface area contributed by atoms with Crippen molar-refractivity contribution in [3.63, 3.8) is 0 Å². The molecule has 4 heterocycles. The molecule has 2 aliphatic heterocycles. The van der Waals surface area contributed by atoms with E-state index >= 15 is 0 Å². The molecule has 2 aliphatic rings. The third kappa shape index (κ3) is 2.24. The number of nitrogens with zero attached hydrogens (tertiary/aromatic N) is 2. The molecular weight excluding hydrogens is 286 g/mol. The third-order valence-electron chi connectivity index (χ3n) is 4.42. The van der Waals surface area contributed by atoms with Crippen molar-refractivity contribution in [2.24, 2.45) is 5.92 Å². The van der Waals surface area contributed by atoms with Gasteiger partial charge in [-0.25, -0.2) is 0 Å². The Labute approximate surface area is 126 Å². The number of hydrogen-bond donors (Lipinski definition) is 1. The Morgan fingerprint density at radius 2 is 2.33 bits per heavy atom. The Morgan fingerprint density at radius 1 is 1.43 bits per heavy atom. The summed E-state index contributed by atoms with van der Waals surface area (Å²) in [7, 11) is 0. The summed E-state index contributed by atoms with van der Waals surface area (Å²) in [6.07, 6.45) is 3.66. The summed E-state index contributed by atoms with van der Waals surface area (Å²) >= 11 is 1.39. The summed E-state index contributed by atoms with van der Waals surface area (Å²) in [4.78, 5) is 30.4. The van der Waals surface area contributed by atoms with Crippen molar-refractivity contribution in [3.8, 4) is 0 Å². The maximum absolute atomic E-state index is 12.3. The molecule has 1 N–H and O–H groups in total. The normalized spacial score (nSPS) is 27.1. The Kier molecular flexibility index (Phi) is 3.01. The number of carbonyl (C=O) groups excluding carboxylic acids is 2. The van der Waals surface area contributed by atoms with E-state index in [1.807, 2.05) is 0 Å². The maximum Gasteiger partial charge on any atom is 0.270 e. The molecule has 1 amide bonds. The molecule has 0 saturated carbocycles. The van der Waals surface area contributed by atoms with Crippen LogP contribution in [0.2, 0.25) is 0 Å². The van der Waals surface area contributed by atoms with Crippen LogP contribution < -0.4 is 5.32 Å². The van der Waals surface area contributed by atoms with Crippen molar-refractivity contribution >= 4 is 33.6 Å². The standard InChI is InChI=1S/C15H15N3O2S/c19-8-11-3-10-5-16-12(4-14(10)21-11)15(20)17-13-7-18-2-1-9(13)6-18/h3-5,8-9,13H,1-2,6-7H2,(H,17,20)/t9-,13?/m0/s1. The SMILES string of the molecule is O=Cc1cc2cnc(C(=O)NC3CN4CC[C@H]3C4)cc2s1. The second kappa shape index (κ2) is 4.89. The molecule has 2 saturated heterocycles. The molecule has 0 radical (unpaired) electrons. The molecule has 108 valence electrons. The first-order chi connectivity index (χ1) is 10.2. The third-order valence-corrected chi connectivity index (χ3v) is 5.44. The van der Waals surface area contributed by atoms with Crippen molar-refractivity contribution in [2.45, 2.75) is 12.5 Å². The highest BCUT2D eigenvalue weighted by Gasteiger charge is 2.38. The van der Waals surface area contributed by atoms with Crippen LogP contribution in [0.15, 0.2) is 18.3 Å². The van der Waals surface area contributed by atoms with Crippen LogP contribution in [0.1, 0.15) is 26.6 Å². The van der Waals surface area contributed by atoms with E-state index in [1.54, 1.807) is 18.3 Å². The first-order valence-corrected chi connectivity index (χ1v) is 7.92. The van der Waals surface area contributed by atoms with Gasteiger partial charge in [0.2, 0.25) is 0 Å². The van der Waals surface area contributed by atoms with E-state index < -0.39 is 0 Å². The molecule has 2 aromatic rings. The van der Waals surface area contributed by atoms with Gasteiger partial charge in [-0.3, -0.25) is 14.6 Å². The van der Waals surface area contributed by atoms with Gasteiger partial charge in [-0.2, -0.15) is 0 Å². The molecule has 0 aromatic carbocycles. The molecule has 21 heavy (non-hydrogen) atoms. The van der Waals surface area contributed by atoms with Gasteiger partial charge in [-0.1, -0.05) is 0 Å².